The number of methoxy groups -OCH3 is 1. The summed E-state index contributed by atoms with van der Waals surface area (Å²) in [5.41, 5.74) is 4.90. The topological polar surface area (TPSA) is 53.3 Å². The number of hydrogen-bond donors (Lipinski definition) is 0. The Morgan fingerprint density at radius 2 is 2.00 bits per heavy atom. The normalized spacial score (nSPS) is 13.0. The maximum Gasteiger partial charge on any atom is 0.340 e. The molecule has 0 saturated carbocycles. The number of esters is 1. The highest BCUT2D eigenvalue weighted by molar-refractivity contribution is 6.07. The molecule has 33 heavy (non-hydrogen) atoms. The second kappa shape index (κ2) is 8.31. The molecule has 3 heterocycles. The van der Waals surface area contributed by atoms with Gasteiger partial charge in [0, 0.05) is 23.7 Å². The molecule has 0 N–H and O–H groups in total. The van der Waals surface area contributed by atoms with E-state index in [0.29, 0.717) is 35.6 Å². The number of aryl methyl sites for hydroxylation is 2. The summed E-state index contributed by atoms with van der Waals surface area (Å²) in [6.45, 7) is 2.78. The lowest BCUT2D eigenvalue weighted by Crippen LogP contribution is -2.11. The molecule has 5 nitrogen and oxygen atoms in total. The summed E-state index contributed by atoms with van der Waals surface area (Å²) in [6, 6.07) is 11.7. The van der Waals surface area contributed by atoms with Gasteiger partial charge in [-0.15, -0.1) is 0 Å². The SMILES string of the molecule is COC(=O)c1c(C)nc2c(ccn2Cc2ccc(F)c(F)c2)c1-c1ccc2c(c1)CCCO2. The number of nitrogens with zero attached hydrogens (tertiary/aromatic N) is 2. The minimum atomic E-state index is -0.891. The summed E-state index contributed by atoms with van der Waals surface area (Å²) in [5.74, 6) is -1.37. The Morgan fingerprint density at radius 3 is 2.79 bits per heavy atom. The molecule has 0 saturated heterocycles. The van der Waals surface area contributed by atoms with Crippen LogP contribution in [-0.2, 0) is 17.7 Å². The zero-order valence-electron chi connectivity index (χ0n) is 18.3. The van der Waals surface area contributed by atoms with Crippen LogP contribution in [0.25, 0.3) is 22.2 Å². The number of carbonyl (C=O) groups excluding carboxylic acids is 1. The Bertz CT molecular complexity index is 1390. The van der Waals surface area contributed by atoms with Crippen LogP contribution in [0.15, 0.2) is 48.7 Å². The number of hydrogen-bond acceptors (Lipinski definition) is 4. The first kappa shape index (κ1) is 21.1. The van der Waals surface area contributed by atoms with E-state index in [9.17, 15) is 13.6 Å². The number of benzene rings is 2. The van der Waals surface area contributed by atoms with E-state index in [1.165, 1.54) is 13.2 Å². The smallest absolute Gasteiger partial charge is 0.340 e. The molecule has 2 aromatic carbocycles. The largest absolute Gasteiger partial charge is 0.493 e. The molecule has 0 amide bonds. The van der Waals surface area contributed by atoms with Gasteiger partial charge in [-0.3, -0.25) is 0 Å². The van der Waals surface area contributed by atoms with Crippen LogP contribution in [0, 0.1) is 18.6 Å². The lowest BCUT2D eigenvalue weighted by atomic mass is 9.93. The number of ether oxygens (including phenoxy) is 2. The zero-order valence-corrected chi connectivity index (χ0v) is 18.3. The van der Waals surface area contributed by atoms with Crippen molar-refractivity contribution in [3.63, 3.8) is 0 Å². The van der Waals surface area contributed by atoms with Gasteiger partial charge >= 0.3 is 5.97 Å². The van der Waals surface area contributed by atoms with E-state index < -0.39 is 17.6 Å². The van der Waals surface area contributed by atoms with Crippen LogP contribution in [0.2, 0.25) is 0 Å². The first-order chi connectivity index (χ1) is 16.0. The summed E-state index contributed by atoms with van der Waals surface area (Å²) in [6.07, 6.45) is 3.68. The van der Waals surface area contributed by atoms with Gasteiger partial charge in [-0.25, -0.2) is 18.6 Å². The second-order valence-electron chi connectivity index (χ2n) is 8.14. The zero-order chi connectivity index (χ0) is 23.1. The van der Waals surface area contributed by atoms with E-state index in [1.54, 1.807) is 13.0 Å². The van der Waals surface area contributed by atoms with Crippen molar-refractivity contribution in [3.8, 4) is 16.9 Å². The molecule has 0 spiro atoms. The third kappa shape index (κ3) is 3.73. The first-order valence-corrected chi connectivity index (χ1v) is 10.7. The number of fused-ring (bicyclic) bond motifs is 2. The van der Waals surface area contributed by atoms with Gasteiger partial charge in [0.1, 0.15) is 11.4 Å². The van der Waals surface area contributed by atoms with Gasteiger partial charge in [-0.1, -0.05) is 12.1 Å². The number of carbonyl (C=O) groups is 1. The molecule has 0 fully saturated rings. The van der Waals surface area contributed by atoms with Crippen molar-refractivity contribution in [3.05, 3.63) is 82.7 Å². The van der Waals surface area contributed by atoms with Gasteiger partial charge in [0.05, 0.1) is 25.0 Å². The molecule has 2 aromatic heterocycles. The van der Waals surface area contributed by atoms with Crippen molar-refractivity contribution < 1.29 is 23.0 Å². The fraction of sp³-hybridized carbons (Fsp3) is 0.231. The van der Waals surface area contributed by atoms with Crippen molar-refractivity contribution in [1.82, 2.24) is 9.55 Å². The van der Waals surface area contributed by atoms with Crippen molar-refractivity contribution >= 4 is 17.0 Å². The van der Waals surface area contributed by atoms with E-state index in [2.05, 4.69) is 11.1 Å². The van der Waals surface area contributed by atoms with Gasteiger partial charge in [-0.05, 0) is 66.8 Å². The maximum absolute atomic E-state index is 13.7. The van der Waals surface area contributed by atoms with E-state index in [4.69, 9.17) is 9.47 Å². The van der Waals surface area contributed by atoms with Crippen LogP contribution < -0.4 is 4.74 Å². The van der Waals surface area contributed by atoms with Crippen LogP contribution in [0.4, 0.5) is 8.78 Å². The van der Waals surface area contributed by atoms with E-state index in [1.807, 2.05) is 29.0 Å². The van der Waals surface area contributed by atoms with Gasteiger partial charge in [0.25, 0.3) is 0 Å². The minimum absolute atomic E-state index is 0.308. The highest BCUT2D eigenvalue weighted by atomic mass is 19.2. The Balaban J connectivity index is 1.69. The second-order valence-corrected chi connectivity index (χ2v) is 8.14. The average Bonchev–Trinajstić information content (AvgIpc) is 3.21. The Kier molecular flexibility index (Phi) is 5.32. The van der Waals surface area contributed by atoms with Crippen molar-refractivity contribution in [2.24, 2.45) is 0 Å². The average molecular weight is 448 g/mol. The monoisotopic (exact) mass is 448 g/mol. The van der Waals surface area contributed by atoms with Crippen molar-refractivity contribution in [1.29, 1.82) is 0 Å². The number of rotatable bonds is 4. The molecular formula is C26H22F2N2O3. The maximum atomic E-state index is 13.7. The van der Waals surface area contributed by atoms with Crippen LogP contribution in [0.5, 0.6) is 5.75 Å². The summed E-state index contributed by atoms with van der Waals surface area (Å²) in [7, 11) is 1.35. The highest BCUT2D eigenvalue weighted by Gasteiger charge is 2.24. The van der Waals surface area contributed by atoms with Gasteiger partial charge in [0.2, 0.25) is 0 Å². The van der Waals surface area contributed by atoms with Crippen LogP contribution in [0.3, 0.4) is 0 Å². The molecule has 4 aromatic rings. The molecule has 0 bridgehead atoms. The molecule has 0 atom stereocenters. The van der Waals surface area contributed by atoms with Crippen molar-refractivity contribution in [2.75, 3.05) is 13.7 Å². The quantitative estimate of drug-likeness (QED) is 0.390. The van der Waals surface area contributed by atoms with E-state index in [0.717, 1.165) is 46.7 Å². The Labute approximate surface area is 189 Å². The third-order valence-electron chi connectivity index (χ3n) is 6.01. The molecule has 5 rings (SSSR count). The molecule has 168 valence electrons. The molecule has 1 aliphatic rings. The van der Waals surface area contributed by atoms with Crippen LogP contribution in [0.1, 0.15) is 33.6 Å². The lowest BCUT2D eigenvalue weighted by molar-refractivity contribution is 0.0600. The Morgan fingerprint density at radius 1 is 1.15 bits per heavy atom. The molecule has 0 radical (unpaired) electrons. The van der Waals surface area contributed by atoms with Crippen LogP contribution in [-0.4, -0.2) is 29.2 Å². The van der Waals surface area contributed by atoms with Crippen LogP contribution >= 0.6 is 0 Å². The minimum Gasteiger partial charge on any atom is -0.493 e. The molecule has 0 unspecified atom stereocenters. The molecule has 7 heteroatoms. The van der Waals surface area contributed by atoms with Gasteiger partial charge in [0.15, 0.2) is 11.6 Å². The standard InChI is InChI=1S/C26H22F2N2O3/c1-15-23(26(31)32-2)24(18-6-8-22-17(13-18)4-3-11-33-22)19-9-10-30(25(19)29-15)14-16-5-7-20(27)21(28)12-16/h5-10,12-13H,3-4,11,14H2,1-2H3. The fourth-order valence-electron chi connectivity index (χ4n) is 4.44. The summed E-state index contributed by atoms with van der Waals surface area (Å²) in [4.78, 5) is 17.4. The predicted octanol–water partition coefficient (Wildman–Crippen LogP) is 5.45. The first-order valence-electron chi connectivity index (χ1n) is 10.7. The Hall–Kier alpha value is -3.74. The predicted molar refractivity (Wildman–Crippen MR) is 121 cm³/mol. The van der Waals surface area contributed by atoms with Gasteiger partial charge < -0.3 is 14.0 Å². The van der Waals surface area contributed by atoms with Gasteiger partial charge in [-0.2, -0.15) is 0 Å². The number of pyridine rings is 1. The molecule has 1 aliphatic heterocycles. The molecule has 0 aliphatic carbocycles. The third-order valence-corrected chi connectivity index (χ3v) is 6.01. The summed E-state index contributed by atoms with van der Waals surface area (Å²) < 4.78 is 39.8. The van der Waals surface area contributed by atoms with Crippen molar-refractivity contribution in [2.45, 2.75) is 26.3 Å². The number of aromatic nitrogens is 2. The summed E-state index contributed by atoms with van der Waals surface area (Å²) in [5, 5.41) is 0.778. The molecular weight excluding hydrogens is 426 g/mol. The van der Waals surface area contributed by atoms with E-state index >= 15 is 0 Å². The van der Waals surface area contributed by atoms with E-state index in [-0.39, 0.29) is 0 Å². The fourth-order valence-corrected chi connectivity index (χ4v) is 4.44. The number of halogens is 2. The lowest BCUT2D eigenvalue weighted by Gasteiger charge is -2.19. The summed E-state index contributed by atoms with van der Waals surface area (Å²) >= 11 is 0. The highest BCUT2D eigenvalue weighted by Crippen LogP contribution is 2.37.